The minimum absolute atomic E-state index is 0.240. The highest BCUT2D eigenvalue weighted by molar-refractivity contribution is 7.92. The van der Waals surface area contributed by atoms with Crippen molar-refractivity contribution in [2.24, 2.45) is 0 Å². The normalized spacial score (nSPS) is 12.5. The first kappa shape index (κ1) is 19.9. The Morgan fingerprint density at radius 3 is 2.61 bits per heavy atom. The van der Waals surface area contributed by atoms with Gasteiger partial charge in [0.15, 0.2) is 0 Å². The highest BCUT2D eigenvalue weighted by Crippen LogP contribution is 2.23. The molecule has 7 heteroatoms. The van der Waals surface area contributed by atoms with E-state index in [0.29, 0.717) is 30.5 Å². The number of nitrogens with one attached hydrogen (secondary N) is 1. The third-order valence-electron chi connectivity index (χ3n) is 4.61. The highest BCUT2D eigenvalue weighted by atomic mass is 32.2. The minimum atomic E-state index is -3.65. The van der Waals surface area contributed by atoms with E-state index in [2.05, 4.69) is 23.7 Å². The van der Waals surface area contributed by atoms with Gasteiger partial charge in [-0.25, -0.2) is 8.42 Å². The zero-order valence-corrected chi connectivity index (χ0v) is 16.9. The van der Waals surface area contributed by atoms with Crippen molar-refractivity contribution in [1.29, 1.82) is 0 Å². The molecule has 1 atom stereocenters. The first-order valence-electron chi connectivity index (χ1n) is 9.31. The number of anilines is 1. The smallest absolute Gasteiger partial charge is 0.261 e. The van der Waals surface area contributed by atoms with E-state index in [-0.39, 0.29) is 4.90 Å². The molecule has 6 nitrogen and oxygen atoms in total. The average Bonchev–Trinajstić information content (AvgIpc) is 3.21. The lowest BCUT2D eigenvalue weighted by molar-refractivity contribution is 0.291. The fourth-order valence-corrected chi connectivity index (χ4v) is 3.81. The van der Waals surface area contributed by atoms with Gasteiger partial charge in [-0.3, -0.25) is 9.40 Å². The molecule has 1 N–H and O–H groups in total. The monoisotopic (exact) mass is 399 g/mol. The second kappa shape index (κ2) is 8.93. The van der Waals surface area contributed by atoms with Gasteiger partial charge in [0.2, 0.25) is 0 Å². The number of nitrogens with zero attached hydrogens (tertiary/aromatic N) is 2. The summed E-state index contributed by atoms with van der Waals surface area (Å²) in [6.45, 7) is 5.29. The van der Waals surface area contributed by atoms with E-state index in [4.69, 9.17) is 4.74 Å². The summed E-state index contributed by atoms with van der Waals surface area (Å²) < 4.78 is 35.4. The molecule has 0 amide bonds. The number of hydrogen-bond donors (Lipinski definition) is 1. The molecule has 1 heterocycles. The first-order chi connectivity index (χ1) is 13.5. The van der Waals surface area contributed by atoms with Crippen molar-refractivity contribution in [3.63, 3.8) is 0 Å². The van der Waals surface area contributed by atoms with Gasteiger partial charge in [-0.1, -0.05) is 32.0 Å². The van der Waals surface area contributed by atoms with Gasteiger partial charge in [0, 0.05) is 18.5 Å². The molecule has 148 valence electrons. The second-order valence-electron chi connectivity index (χ2n) is 6.63. The summed E-state index contributed by atoms with van der Waals surface area (Å²) >= 11 is 0. The van der Waals surface area contributed by atoms with Crippen LogP contribution in [0, 0.1) is 0 Å². The van der Waals surface area contributed by atoms with Crippen molar-refractivity contribution in [3.05, 3.63) is 72.6 Å². The molecule has 0 aliphatic carbocycles. The minimum Gasteiger partial charge on any atom is -0.492 e. The Labute approximate surface area is 166 Å². The van der Waals surface area contributed by atoms with E-state index in [9.17, 15) is 8.42 Å². The Morgan fingerprint density at radius 2 is 1.93 bits per heavy atom. The van der Waals surface area contributed by atoms with Crippen LogP contribution in [-0.4, -0.2) is 24.8 Å². The molecule has 0 bridgehead atoms. The zero-order chi connectivity index (χ0) is 20.0. The van der Waals surface area contributed by atoms with Gasteiger partial charge in [0.25, 0.3) is 10.0 Å². The van der Waals surface area contributed by atoms with E-state index in [0.717, 1.165) is 12.0 Å². The number of rotatable bonds is 9. The van der Waals surface area contributed by atoms with Gasteiger partial charge in [-0.15, -0.1) is 0 Å². The van der Waals surface area contributed by atoms with Crippen molar-refractivity contribution >= 4 is 15.7 Å². The number of aromatic nitrogens is 2. The lowest BCUT2D eigenvalue weighted by atomic mass is 9.99. The molecule has 0 aliphatic heterocycles. The maximum absolute atomic E-state index is 12.7. The highest BCUT2D eigenvalue weighted by Gasteiger charge is 2.15. The van der Waals surface area contributed by atoms with Gasteiger partial charge in [0.05, 0.1) is 17.1 Å². The molecule has 0 saturated heterocycles. The Hall–Kier alpha value is -2.80. The molecule has 28 heavy (non-hydrogen) atoms. The molecule has 3 rings (SSSR count). The Kier molecular flexibility index (Phi) is 6.36. The Bertz CT molecular complexity index is 984. The molecule has 0 fully saturated rings. The maximum Gasteiger partial charge on any atom is 0.261 e. The summed E-state index contributed by atoms with van der Waals surface area (Å²) in [7, 11) is -3.65. The van der Waals surface area contributed by atoms with Gasteiger partial charge < -0.3 is 4.74 Å². The van der Waals surface area contributed by atoms with Crippen molar-refractivity contribution in [2.75, 3.05) is 11.3 Å². The first-order valence-corrected chi connectivity index (χ1v) is 10.8. The largest absolute Gasteiger partial charge is 0.492 e. The van der Waals surface area contributed by atoms with Crippen LogP contribution in [0.25, 0.3) is 0 Å². The molecule has 0 radical (unpaired) electrons. The van der Waals surface area contributed by atoms with Gasteiger partial charge in [-0.05, 0) is 48.2 Å². The van der Waals surface area contributed by atoms with E-state index < -0.39 is 10.0 Å². The second-order valence-corrected chi connectivity index (χ2v) is 8.31. The van der Waals surface area contributed by atoms with Crippen LogP contribution in [0.3, 0.4) is 0 Å². The van der Waals surface area contributed by atoms with Crippen LogP contribution in [0.5, 0.6) is 5.75 Å². The van der Waals surface area contributed by atoms with Crippen LogP contribution in [0.1, 0.15) is 31.7 Å². The summed E-state index contributed by atoms with van der Waals surface area (Å²) in [5.74, 6) is 1.000. The summed E-state index contributed by atoms with van der Waals surface area (Å²) in [4.78, 5) is 0.240. The van der Waals surface area contributed by atoms with E-state index in [1.165, 1.54) is 0 Å². The Balaban J connectivity index is 1.65. The van der Waals surface area contributed by atoms with Gasteiger partial charge in [-0.2, -0.15) is 5.10 Å². The zero-order valence-electron chi connectivity index (χ0n) is 16.1. The summed E-state index contributed by atoms with van der Waals surface area (Å²) in [6, 6.07) is 15.8. The van der Waals surface area contributed by atoms with Crippen molar-refractivity contribution in [3.8, 4) is 5.75 Å². The predicted octanol–water partition coefficient (Wildman–Crippen LogP) is 4.28. The number of sulfonamides is 1. The molecule has 0 saturated carbocycles. The number of ether oxygens (including phenoxy) is 1. The van der Waals surface area contributed by atoms with Crippen LogP contribution in [0.2, 0.25) is 0 Å². The SMILES string of the molecule is CCC(C)c1ccc(S(=O)(=O)Nc2cccc(OCCn3cccn3)c2)cc1. The number of benzene rings is 2. The van der Waals surface area contributed by atoms with Crippen molar-refractivity contribution in [2.45, 2.75) is 37.6 Å². The van der Waals surface area contributed by atoms with E-state index in [1.807, 2.05) is 24.4 Å². The lowest BCUT2D eigenvalue weighted by Crippen LogP contribution is -2.13. The molecular weight excluding hydrogens is 374 g/mol. The lowest BCUT2D eigenvalue weighted by Gasteiger charge is -2.12. The molecule has 1 unspecified atom stereocenters. The molecule has 2 aromatic carbocycles. The fourth-order valence-electron chi connectivity index (χ4n) is 2.76. The molecule has 0 spiro atoms. The van der Waals surface area contributed by atoms with Gasteiger partial charge >= 0.3 is 0 Å². The van der Waals surface area contributed by atoms with E-state index >= 15 is 0 Å². The van der Waals surface area contributed by atoms with Crippen LogP contribution >= 0.6 is 0 Å². The molecule has 1 aromatic heterocycles. The molecular formula is C21H25N3O3S. The van der Waals surface area contributed by atoms with Crippen LogP contribution in [0.4, 0.5) is 5.69 Å². The molecule has 3 aromatic rings. The standard InChI is InChI=1S/C21H25N3O3S/c1-3-17(2)18-8-10-21(11-9-18)28(25,26)23-19-6-4-7-20(16-19)27-15-14-24-13-5-12-22-24/h4-13,16-17,23H,3,14-15H2,1-2H3. The average molecular weight is 400 g/mol. The van der Waals surface area contributed by atoms with E-state index in [1.54, 1.807) is 47.3 Å². The van der Waals surface area contributed by atoms with Gasteiger partial charge in [0.1, 0.15) is 12.4 Å². The van der Waals surface area contributed by atoms with Crippen LogP contribution in [0.15, 0.2) is 71.9 Å². The Morgan fingerprint density at radius 1 is 1.14 bits per heavy atom. The van der Waals surface area contributed by atoms with Crippen LogP contribution < -0.4 is 9.46 Å². The summed E-state index contributed by atoms with van der Waals surface area (Å²) in [5.41, 5.74) is 1.59. The topological polar surface area (TPSA) is 73.2 Å². The predicted molar refractivity (Wildman–Crippen MR) is 110 cm³/mol. The fraction of sp³-hybridized carbons (Fsp3) is 0.286. The quantitative estimate of drug-likeness (QED) is 0.583. The maximum atomic E-state index is 12.7. The summed E-state index contributed by atoms with van der Waals surface area (Å²) in [5, 5.41) is 4.11. The van der Waals surface area contributed by atoms with Crippen molar-refractivity contribution < 1.29 is 13.2 Å². The van der Waals surface area contributed by atoms with Crippen LogP contribution in [-0.2, 0) is 16.6 Å². The molecule has 0 aliphatic rings. The third-order valence-corrected chi connectivity index (χ3v) is 6.00. The summed E-state index contributed by atoms with van der Waals surface area (Å²) in [6.07, 6.45) is 4.59. The third kappa shape index (κ3) is 5.13. The van der Waals surface area contributed by atoms with Crippen molar-refractivity contribution in [1.82, 2.24) is 9.78 Å². The number of hydrogen-bond acceptors (Lipinski definition) is 4.